The van der Waals surface area contributed by atoms with Gasteiger partial charge in [0.1, 0.15) is 6.04 Å². The lowest BCUT2D eigenvalue weighted by Crippen LogP contribution is -2.48. The van der Waals surface area contributed by atoms with Crippen molar-refractivity contribution in [2.75, 3.05) is 16.8 Å². The number of aliphatic imine (C=N–C) groups is 1. The minimum Gasteiger partial charge on any atom is -0.372 e. The van der Waals surface area contributed by atoms with Gasteiger partial charge < -0.3 is 20.7 Å². The van der Waals surface area contributed by atoms with Crippen molar-refractivity contribution in [1.29, 1.82) is 0 Å². The van der Waals surface area contributed by atoms with E-state index in [0.717, 1.165) is 11.3 Å². The molecule has 2 amide bonds. The van der Waals surface area contributed by atoms with E-state index in [9.17, 15) is 9.59 Å². The van der Waals surface area contributed by atoms with Gasteiger partial charge in [-0.25, -0.2) is 4.99 Å². The third-order valence-electron chi connectivity index (χ3n) is 6.07. The molecule has 0 bridgehead atoms. The van der Waals surface area contributed by atoms with E-state index in [1.54, 1.807) is 12.1 Å². The van der Waals surface area contributed by atoms with E-state index < -0.39 is 6.04 Å². The number of guanidine groups is 1. The number of para-hydroxylation sites is 1. The van der Waals surface area contributed by atoms with Crippen molar-refractivity contribution >= 4 is 52.4 Å². The largest absolute Gasteiger partial charge is 0.372 e. The van der Waals surface area contributed by atoms with Crippen molar-refractivity contribution in [2.24, 2.45) is 10.7 Å². The van der Waals surface area contributed by atoms with E-state index in [1.165, 1.54) is 6.92 Å². The van der Waals surface area contributed by atoms with Crippen LogP contribution in [-0.4, -0.2) is 36.5 Å². The van der Waals surface area contributed by atoms with Gasteiger partial charge in [-0.1, -0.05) is 71.7 Å². The Morgan fingerprint density at radius 3 is 2.29 bits per heavy atom. The summed E-state index contributed by atoms with van der Waals surface area (Å²) < 4.78 is 6.15. The van der Waals surface area contributed by atoms with E-state index in [4.69, 9.17) is 33.7 Å². The number of ether oxygens (including phenoxy) is 1. The molecule has 0 unspecified atom stereocenters. The van der Waals surface area contributed by atoms with Gasteiger partial charge >= 0.3 is 0 Å². The van der Waals surface area contributed by atoms with Gasteiger partial charge in [0.2, 0.25) is 11.8 Å². The van der Waals surface area contributed by atoms with Crippen molar-refractivity contribution in [3.63, 3.8) is 0 Å². The van der Waals surface area contributed by atoms with Crippen LogP contribution in [0.25, 0.3) is 0 Å². The van der Waals surface area contributed by atoms with Crippen molar-refractivity contribution in [3.8, 4) is 0 Å². The highest BCUT2D eigenvalue weighted by atomic mass is 35.5. The molecule has 0 aliphatic carbocycles. The number of nitrogens with zero attached hydrogens (tertiary/aromatic N) is 2. The average Bonchev–Trinajstić information content (AvgIpc) is 3.34. The van der Waals surface area contributed by atoms with Crippen LogP contribution in [0, 0.1) is 0 Å². The summed E-state index contributed by atoms with van der Waals surface area (Å²) >= 11 is 12.5. The maximum absolute atomic E-state index is 13.3. The number of benzene rings is 3. The van der Waals surface area contributed by atoms with Crippen LogP contribution < -0.4 is 21.3 Å². The predicted octanol–water partition coefficient (Wildman–Crippen LogP) is 4.75. The number of hydrogen-bond acceptors (Lipinski definition) is 5. The van der Waals surface area contributed by atoms with Crippen LogP contribution in [0.5, 0.6) is 0 Å². The zero-order chi connectivity index (χ0) is 27.1. The first-order chi connectivity index (χ1) is 18.3. The molecule has 0 aromatic heterocycles. The van der Waals surface area contributed by atoms with Gasteiger partial charge in [0, 0.05) is 25.6 Å². The topological polar surface area (TPSA) is 109 Å². The molecule has 1 heterocycles. The number of amides is 2. The highest BCUT2D eigenvalue weighted by molar-refractivity contribution is 6.39. The molecule has 1 aliphatic heterocycles. The summed E-state index contributed by atoms with van der Waals surface area (Å²) in [4.78, 5) is 30.9. The number of carbonyl (C=O) groups is 2. The van der Waals surface area contributed by atoms with Crippen molar-refractivity contribution in [1.82, 2.24) is 5.32 Å². The van der Waals surface area contributed by atoms with E-state index in [2.05, 4.69) is 15.6 Å². The third kappa shape index (κ3) is 7.25. The Balaban J connectivity index is 1.42. The van der Waals surface area contributed by atoms with Crippen LogP contribution in [0.15, 0.2) is 77.8 Å². The van der Waals surface area contributed by atoms with Crippen molar-refractivity contribution < 1.29 is 14.3 Å². The number of carbonyl (C=O) groups excluding carboxylic acids is 2. The second-order valence-corrected chi connectivity index (χ2v) is 9.78. The minimum atomic E-state index is -0.479. The first-order valence-electron chi connectivity index (χ1n) is 12.1. The summed E-state index contributed by atoms with van der Waals surface area (Å²) in [7, 11) is 0. The molecule has 2 atom stereocenters. The standard InChI is InChI=1S/C28H29Cl2N5O3/c1-18(36)33-26-23(29)12-20(13-24(26)30)15-32-28(31)34-27(37)25-14-22(38-17-19-8-4-2-5-9-19)16-35(25)21-10-6-3-7-11-21/h2-13,22,25H,14-17H2,1H3,(H,33,36)(H3,31,32,34,37)/t22-,25-/m0/s1. The molecule has 4 rings (SSSR count). The molecule has 1 aliphatic rings. The Morgan fingerprint density at radius 2 is 1.66 bits per heavy atom. The predicted molar refractivity (Wildman–Crippen MR) is 151 cm³/mol. The molecule has 0 spiro atoms. The summed E-state index contributed by atoms with van der Waals surface area (Å²) in [5.41, 5.74) is 9.07. The Labute approximate surface area is 231 Å². The number of nitrogens with one attached hydrogen (secondary N) is 2. The Bertz CT molecular complexity index is 1280. The van der Waals surface area contributed by atoms with E-state index in [0.29, 0.717) is 30.8 Å². The van der Waals surface area contributed by atoms with Gasteiger partial charge in [-0.05, 0) is 35.4 Å². The molecular formula is C28H29Cl2N5O3. The zero-order valence-electron chi connectivity index (χ0n) is 20.9. The first-order valence-corrected chi connectivity index (χ1v) is 12.9. The molecule has 10 heteroatoms. The number of rotatable bonds is 8. The van der Waals surface area contributed by atoms with Crippen LogP contribution in [0.4, 0.5) is 11.4 Å². The SMILES string of the molecule is CC(=O)Nc1c(Cl)cc(CN=C(N)NC(=O)[C@@H]2C[C@H](OCc3ccccc3)CN2c2ccccc2)cc1Cl. The summed E-state index contributed by atoms with van der Waals surface area (Å²) in [5.74, 6) is -0.566. The van der Waals surface area contributed by atoms with Crippen molar-refractivity contribution in [2.45, 2.75) is 38.6 Å². The van der Waals surface area contributed by atoms with E-state index in [1.807, 2.05) is 65.6 Å². The summed E-state index contributed by atoms with van der Waals surface area (Å²) in [6.45, 7) is 2.55. The smallest absolute Gasteiger partial charge is 0.249 e. The minimum absolute atomic E-state index is 0.0187. The molecule has 3 aromatic carbocycles. The molecular weight excluding hydrogens is 525 g/mol. The van der Waals surface area contributed by atoms with Gasteiger partial charge in [0.25, 0.3) is 0 Å². The van der Waals surface area contributed by atoms with Gasteiger partial charge in [0.15, 0.2) is 5.96 Å². The number of nitrogens with two attached hydrogens (primary N) is 1. The van der Waals surface area contributed by atoms with Crippen LogP contribution >= 0.6 is 23.2 Å². The van der Waals surface area contributed by atoms with Crippen LogP contribution in [0.2, 0.25) is 10.0 Å². The monoisotopic (exact) mass is 553 g/mol. The molecule has 1 fully saturated rings. The Hall–Kier alpha value is -3.59. The lowest BCUT2D eigenvalue weighted by atomic mass is 10.1. The number of hydrogen-bond donors (Lipinski definition) is 3. The molecule has 38 heavy (non-hydrogen) atoms. The zero-order valence-corrected chi connectivity index (χ0v) is 22.4. The fourth-order valence-electron chi connectivity index (χ4n) is 4.30. The van der Waals surface area contributed by atoms with Crippen LogP contribution in [0.1, 0.15) is 24.5 Å². The molecule has 8 nitrogen and oxygen atoms in total. The molecule has 198 valence electrons. The normalized spacial score (nSPS) is 17.3. The lowest BCUT2D eigenvalue weighted by Gasteiger charge is -2.25. The first kappa shape index (κ1) is 27.4. The maximum Gasteiger partial charge on any atom is 0.249 e. The van der Waals surface area contributed by atoms with E-state index in [-0.39, 0.29) is 40.5 Å². The Kier molecular flexibility index (Phi) is 9.23. The third-order valence-corrected chi connectivity index (χ3v) is 6.66. The fraction of sp³-hybridized carbons (Fsp3) is 0.250. The summed E-state index contributed by atoms with van der Waals surface area (Å²) in [6.07, 6.45) is 0.382. The molecule has 1 saturated heterocycles. The van der Waals surface area contributed by atoms with E-state index >= 15 is 0 Å². The number of anilines is 2. The van der Waals surface area contributed by atoms with Crippen molar-refractivity contribution in [3.05, 3.63) is 94.0 Å². The van der Waals surface area contributed by atoms with Gasteiger partial charge in [0.05, 0.1) is 35.0 Å². The number of halogens is 2. The second-order valence-electron chi connectivity index (χ2n) is 8.96. The van der Waals surface area contributed by atoms with Crippen LogP contribution in [-0.2, 0) is 27.5 Å². The summed E-state index contributed by atoms with van der Waals surface area (Å²) in [5, 5.41) is 5.88. The quantitative estimate of drug-likeness (QED) is 0.275. The maximum atomic E-state index is 13.3. The summed E-state index contributed by atoms with van der Waals surface area (Å²) in [6, 6.07) is 22.5. The molecule has 0 saturated carbocycles. The van der Waals surface area contributed by atoms with Gasteiger partial charge in [-0.15, -0.1) is 0 Å². The highest BCUT2D eigenvalue weighted by Crippen LogP contribution is 2.32. The second kappa shape index (κ2) is 12.8. The molecule has 3 aromatic rings. The lowest BCUT2D eigenvalue weighted by molar-refractivity contribution is -0.121. The molecule has 4 N–H and O–H groups in total. The Morgan fingerprint density at radius 1 is 1.03 bits per heavy atom. The fourth-order valence-corrected chi connectivity index (χ4v) is 4.92. The van der Waals surface area contributed by atoms with Gasteiger partial charge in [-0.3, -0.25) is 14.9 Å². The highest BCUT2D eigenvalue weighted by Gasteiger charge is 2.37. The van der Waals surface area contributed by atoms with Crippen LogP contribution in [0.3, 0.4) is 0 Å². The van der Waals surface area contributed by atoms with Gasteiger partial charge in [-0.2, -0.15) is 0 Å². The molecule has 0 radical (unpaired) electrons. The average molecular weight is 554 g/mol.